The van der Waals surface area contributed by atoms with Crippen molar-refractivity contribution < 1.29 is 4.79 Å². The van der Waals surface area contributed by atoms with E-state index in [0.717, 1.165) is 11.1 Å². The summed E-state index contributed by atoms with van der Waals surface area (Å²) < 4.78 is 0. The summed E-state index contributed by atoms with van der Waals surface area (Å²) in [5, 5.41) is 3.84. The molecule has 0 atom stereocenters. The number of nitrogens with zero attached hydrogens (tertiary/aromatic N) is 1. The highest BCUT2D eigenvalue weighted by Crippen LogP contribution is 2.33. The first-order chi connectivity index (χ1) is 9.45. The molecule has 0 spiro atoms. The van der Waals surface area contributed by atoms with Crippen LogP contribution in [0.4, 0.5) is 10.1 Å². The maximum Gasteiger partial charge on any atom is 0.250 e. The molecule has 0 aliphatic heterocycles. The molecule has 0 aliphatic rings. The fourth-order valence-electron chi connectivity index (χ4n) is 1.71. The molecule has 0 bridgehead atoms. The molecule has 104 valence electrons. The van der Waals surface area contributed by atoms with E-state index in [9.17, 15) is 4.79 Å². The van der Waals surface area contributed by atoms with Crippen molar-refractivity contribution in [2.75, 3.05) is 11.1 Å². The standard InChI is InChI=1S/C15H17N3OS/c1-9(2)8-12(19)17-15-18-13(14(16)20-15)11-6-4-10(3)5-7-11/h4-8H,16H2,1-3H3,(H,17,18,19). The summed E-state index contributed by atoms with van der Waals surface area (Å²) in [5.74, 6) is -0.186. The summed E-state index contributed by atoms with van der Waals surface area (Å²) in [5.41, 5.74) is 9.76. The van der Waals surface area contributed by atoms with Crippen molar-refractivity contribution in [3.8, 4) is 11.3 Å². The van der Waals surface area contributed by atoms with E-state index in [0.29, 0.717) is 15.8 Å². The zero-order valence-corrected chi connectivity index (χ0v) is 12.5. The highest BCUT2D eigenvalue weighted by Gasteiger charge is 2.11. The smallest absolute Gasteiger partial charge is 0.250 e. The van der Waals surface area contributed by atoms with E-state index in [2.05, 4.69) is 10.3 Å². The lowest BCUT2D eigenvalue weighted by atomic mass is 10.1. The van der Waals surface area contributed by atoms with Crippen LogP contribution in [-0.2, 0) is 4.79 Å². The molecule has 5 heteroatoms. The fraction of sp³-hybridized carbons (Fsp3) is 0.200. The number of anilines is 2. The quantitative estimate of drug-likeness (QED) is 0.847. The Balaban J connectivity index is 2.24. The van der Waals surface area contributed by atoms with E-state index in [1.807, 2.05) is 45.0 Å². The van der Waals surface area contributed by atoms with Gasteiger partial charge in [-0.15, -0.1) is 0 Å². The van der Waals surface area contributed by atoms with Crippen molar-refractivity contribution in [3.05, 3.63) is 41.5 Å². The summed E-state index contributed by atoms with van der Waals surface area (Å²) in [7, 11) is 0. The highest BCUT2D eigenvalue weighted by molar-refractivity contribution is 7.20. The summed E-state index contributed by atoms with van der Waals surface area (Å²) >= 11 is 1.27. The van der Waals surface area contributed by atoms with Crippen LogP contribution in [0, 0.1) is 6.92 Å². The van der Waals surface area contributed by atoms with Crippen molar-refractivity contribution in [1.29, 1.82) is 0 Å². The average molecular weight is 287 g/mol. The van der Waals surface area contributed by atoms with Gasteiger partial charge in [-0.3, -0.25) is 10.1 Å². The predicted molar refractivity (Wildman–Crippen MR) is 84.8 cm³/mol. The first kappa shape index (κ1) is 14.3. The number of nitrogen functional groups attached to an aromatic ring is 1. The van der Waals surface area contributed by atoms with Gasteiger partial charge in [0, 0.05) is 11.6 Å². The van der Waals surface area contributed by atoms with Gasteiger partial charge in [-0.25, -0.2) is 4.98 Å². The van der Waals surface area contributed by atoms with E-state index >= 15 is 0 Å². The Morgan fingerprint density at radius 1 is 1.30 bits per heavy atom. The Bertz CT molecular complexity index is 652. The number of carbonyl (C=O) groups excluding carboxylic acids is 1. The van der Waals surface area contributed by atoms with Crippen LogP contribution in [0.25, 0.3) is 11.3 Å². The van der Waals surface area contributed by atoms with E-state index in [1.54, 1.807) is 0 Å². The second kappa shape index (κ2) is 5.88. The van der Waals surface area contributed by atoms with Gasteiger partial charge in [-0.05, 0) is 20.8 Å². The van der Waals surface area contributed by atoms with Gasteiger partial charge in [0.05, 0.1) is 0 Å². The number of amides is 1. The first-order valence-electron chi connectivity index (χ1n) is 6.25. The van der Waals surface area contributed by atoms with Crippen molar-refractivity contribution in [2.24, 2.45) is 0 Å². The van der Waals surface area contributed by atoms with E-state index in [-0.39, 0.29) is 5.91 Å². The average Bonchev–Trinajstić information content (AvgIpc) is 2.70. The number of aromatic nitrogens is 1. The molecule has 1 amide bonds. The van der Waals surface area contributed by atoms with E-state index in [4.69, 9.17) is 5.73 Å². The molecule has 3 N–H and O–H groups in total. The molecule has 1 aromatic heterocycles. The Hall–Kier alpha value is -2.14. The van der Waals surface area contributed by atoms with Crippen molar-refractivity contribution >= 4 is 27.4 Å². The minimum absolute atomic E-state index is 0.186. The molecule has 0 radical (unpaired) electrons. The van der Waals surface area contributed by atoms with Crippen LogP contribution >= 0.6 is 11.3 Å². The largest absolute Gasteiger partial charge is 0.389 e. The maximum atomic E-state index is 11.7. The van der Waals surface area contributed by atoms with Gasteiger partial charge in [-0.1, -0.05) is 46.7 Å². The van der Waals surface area contributed by atoms with Crippen LogP contribution in [0.5, 0.6) is 0 Å². The topological polar surface area (TPSA) is 68.0 Å². The zero-order valence-electron chi connectivity index (χ0n) is 11.7. The minimum Gasteiger partial charge on any atom is -0.389 e. The summed E-state index contributed by atoms with van der Waals surface area (Å²) in [4.78, 5) is 16.1. The van der Waals surface area contributed by atoms with Gasteiger partial charge in [-0.2, -0.15) is 0 Å². The number of allylic oxidation sites excluding steroid dienone is 1. The predicted octanol–water partition coefficient (Wildman–Crippen LogP) is 3.61. The van der Waals surface area contributed by atoms with Gasteiger partial charge >= 0.3 is 0 Å². The number of hydrogen-bond acceptors (Lipinski definition) is 4. The molecular weight excluding hydrogens is 270 g/mol. The van der Waals surface area contributed by atoms with Gasteiger partial charge < -0.3 is 5.73 Å². The molecular formula is C15H17N3OS. The Labute approximate surface area is 122 Å². The first-order valence-corrected chi connectivity index (χ1v) is 7.06. The van der Waals surface area contributed by atoms with Crippen molar-refractivity contribution in [3.63, 3.8) is 0 Å². The molecule has 0 saturated carbocycles. The monoisotopic (exact) mass is 287 g/mol. The zero-order chi connectivity index (χ0) is 14.7. The van der Waals surface area contributed by atoms with Gasteiger partial charge in [0.1, 0.15) is 10.7 Å². The van der Waals surface area contributed by atoms with Crippen LogP contribution in [0.2, 0.25) is 0 Å². The Morgan fingerprint density at radius 2 is 1.95 bits per heavy atom. The lowest BCUT2D eigenvalue weighted by Crippen LogP contribution is -2.07. The van der Waals surface area contributed by atoms with E-state index < -0.39 is 0 Å². The number of nitrogens with one attached hydrogen (secondary N) is 1. The number of rotatable bonds is 3. The molecule has 1 heterocycles. The second-order valence-corrected chi connectivity index (χ2v) is 5.84. The van der Waals surface area contributed by atoms with Gasteiger partial charge in [0.2, 0.25) is 5.91 Å². The molecule has 0 fully saturated rings. The third kappa shape index (κ3) is 3.45. The Kier molecular flexibility index (Phi) is 4.20. The minimum atomic E-state index is -0.186. The second-order valence-electron chi connectivity index (χ2n) is 4.81. The van der Waals surface area contributed by atoms with Crippen LogP contribution in [0.15, 0.2) is 35.9 Å². The molecule has 0 saturated heterocycles. The highest BCUT2D eigenvalue weighted by atomic mass is 32.1. The summed E-state index contributed by atoms with van der Waals surface area (Å²) in [6.45, 7) is 5.76. The van der Waals surface area contributed by atoms with Crippen LogP contribution in [0.1, 0.15) is 19.4 Å². The van der Waals surface area contributed by atoms with Gasteiger partial charge in [0.15, 0.2) is 5.13 Å². The summed E-state index contributed by atoms with van der Waals surface area (Å²) in [6.07, 6.45) is 1.53. The molecule has 2 aromatic rings. The van der Waals surface area contributed by atoms with E-state index in [1.165, 1.54) is 23.0 Å². The van der Waals surface area contributed by atoms with Crippen molar-refractivity contribution in [1.82, 2.24) is 4.98 Å². The van der Waals surface area contributed by atoms with Crippen LogP contribution in [0.3, 0.4) is 0 Å². The number of thiazole rings is 1. The molecule has 0 unspecified atom stereocenters. The normalized spacial score (nSPS) is 10.2. The fourth-order valence-corrected chi connectivity index (χ4v) is 2.46. The third-order valence-corrected chi connectivity index (χ3v) is 3.43. The number of nitrogens with two attached hydrogens (primary N) is 1. The third-order valence-electron chi connectivity index (χ3n) is 2.63. The molecule has 2 rings (SSSR count). The SMILES string of the molecule is CC(C)=CC(=O)Nc1nc(-c2ccc(C)cc2)c(N)s1. The van der Waals surface area contributed by atoms with Crippen LogP contribution < -0.4 is 11.1 Å². The lowest BCUT2D eigenvalue weighted by Gasteiger charge is -1.99. The Morgan fingerprint density at radius 3 is 2.55 bits per heavy atom. The molecule has 0 aliphatic carbocycles. The molecule has 20 heavy (non-hydrogen) atoms. The van der Waals surface area contributed by atoms with Crippen molar-refractivity contribution in [2.45, 2.75) is 20.8 Å². The lowest BCUT2D eigenvalue weighted by molar-refractivity contribution is -0.111. The number of hydrogen-bond donors (Lipinski definition) is 2. The van der Waals surface area contributed by atoms with Gasteiger partial charge in [0.25, 0.3) is 0 Å². The summed E-state index contributed by atoms with van der Waals surface area (Å²) in [6, 6.07) is 7.97. The number of aryl methyl sites for hydroxylation is 1. The maximum absolute atomic E-state index is 11.7. The molecule has 4 nitrogen and oxygen atoms in total. The number of carbonyl (C=O) groups is 1. The van der Waals surface area contributed by atoms with Crippen LogP contribution in [-0.4, -0.2) is 10.9 Å². The molecule has 1 aromatic carbocycles. The number of benzene rings is 1.